The van der Waals surface area contributed by atoms with E-state index in [4.69, 9.17) is 9.72 Å². The first kappa shape index (κ1) is 17.2. The number of hydrogen-bond donors (Lipinski definition) is 2. The number of aliphatic hydroxyl groups excluding tert-OH is 1. The number of imidazole rings is 1. The Morgan fingerprint density at radius 2 is 2.15 bits per heavy atom. The van der Waals surface area contributed by atoms with Crippen molar-refractivity contribution in [1.82, 2.24) is 19.4 Å². The zero-order valence-electron chi connectivity index (χ0n) is 15.7. The van der Waals surface area contributed by atoms with E-state index in [1.807, 2.05) is 12.4 Å². The molecule has 1 aliphatic carbocycles. The largest absolute Gasteiger partial charge is 0.393 e. The maximum atomic E-state index is 10.5. The van der Waals surface area contributed by atoms with Crippen molar-refractivity contribution in [3.63, 3.8) is 0 Å². The third kappa shape index (κ3) is 3.25. The third-order valence-electron chi connectivity index (χ3n) is 6.46. The Balaban J connectivity index is 1.43. The summed E-state index contributed by atoms with van der Waals surface area (Å²) in [6, 6.07) is 0. The topological polar surface area (TPSA) is 75.4 Å². The summed E-state index contributed by atoms with van der Waals surface area (Å²) in [6.07, 6.45) is 14.8. The van der Waals surface area contributed by atoms with Crippen LogP contribution in [0, 0.1) is 5.92 Å². The predicted octanol–water partition coefficient (Wildman–Crippen LogP) is 3.59. The first-order valence-corrected chi connectivity index (χ1v) is 10.4. The van der Waals surface area contributed by atoms with Gasteiger partial charge in [0, 0.05) is 30.8 Å². The van der Waals surface area contributed by atoms with Gasteiger partial charge in [-0.1, -0.05) is 19.3 Å². The van der Waals surface area contributed by atoms with E-state index in [2.05, 4.69) is 20.6 Å². The van der Waals surface area contributed by atoms with Gasteiger partial charge in [-0.2, -0.15) is 0 Å². The summed E-state index contributed by atoms with van der Waals surface area (Å²) in [7, 11) is 0. The van der Waals surface area contributed by atoms with E-state index < -0.39 is 0 Å². The van der Waals surface area contributed by atoms with Crippen LogP contribution in [0.4, 0.5) is 0 Å². The van der Waals surface area contributed by atoms with Crippen molar-refractivity contribution in [2.24, 2.45) is 5.92 Å². The standard InChI is InChI=1S/C21H28N4O2/c26-18(16-8-9-27-13-16)7-6-15-10-22-21-20(15)25-12-17(24-19(25)11-23-21)14-4-2-1-3-5-14/h10-12,14,16,18,22,26H,1-9,13H2. The molecule has 6 nitrogen and oxygen atoms in total. The van der Waals surface area contributed by atoms with Crippen molar-refractivity contribution < 1.29 is 9.84 Å². The van der Waals surface area contributed by atoms with Gasteiger partial charge in [0.1, 0.15) is 0 Å². The fourth-order valence-corrected chi connectivity index (χ4v) is 4.80. The molecule has 5 rings (SSSR count). The lowest BCUT2D eigenvalue weighted by molar-refractivity contribution is 0.0851. The number of ether oxygens (including phenoxy) is 1. The molecule has 0 bridgehead atoms. The molecule has 3 aromatic rings. The SMILES string of the molecule is OC(CCc1c[nH]c2ncc3nc(C4CCCCC4)cn3c12)C1CCOC1. The first-order chi connectivity index (χ1) is 13.3. The summed E-state index contributed by atoms with van der Waals surface area (Å²) in [6.45, 7) is 1.46. The highest BCUT2D eigenvalue weighted by Gasteiger charge is 2.24. The first-order valence-electron chi connectivity index (χ1n) is 10.4. The van der Waals surface area contributed by atoms with Crippen LogP contribution < -0.4 is 0 Å². The van der Waals surface area contributed by atoms with Gasteiger partial charge in [0.15, 0.2) is 11.3 Å². The number of aromatic nitrogens is 4. The highest BCUT2D eigenvalue weighted by Crippen LogP contribution is 2.33. The van der Waals surface area contributed by atoms with Gasteiger partial charge < -0.3 is 14.8 Å². The van der Waals surface area contributed by atoms with Crippen LogP contribution in [-0.4, -0.2) is 43.8 Å². The molecule has 1 saturated heterocycles. The van der Waals surface area contributed by atoms with Crippen molar-refractivity contribution in [3.05, 3.63) is 29.8 Å². The second-order valence-electron chi connectivity index (χ2n) is 8.23. The van der Waals surface area contributed by atoms with Gasteiger partial charge in [-0.25, -0.2) is 9.97 Å². The van der Waals surface area contributed by atoms with Gasteiger partial charge in [-0.15, -0.1) is 0 Å². The second-order valence-corrected chi connectivity index (χ2v) is 8.23. The highest BCUT2D eigenvalue weighted by atomic mass is 16.5. The molecular weight excluding hydrogens is 340 g/mol. The summed E-state index contributed by atoms with van der Waals surface area (Å²) in [5.41, 5.74) is 5.34. The van der Waals surface area contributed by atoms with E-state index in [1.165, 1.54) is 43.4 Å². The molecule has 144 valence electrons. The van der Waals surface area contributed by atoms with Gasteiger partial charge in [0.25, 0.3) is 0 Å². The molecule has 1 aliphatic heterocycles. The molecule has 27 heavy (non-hydrogen) atoms. The zero-order chi connectivity index (χ0) is 18.2. The molecular formula is C21H28N4O2. The van der Waals surface area contributed by atoms with Gasteiger partial charge >= 0.3 is 0 Å². The monoisotopic (exact) mass is 368 g/mol. The molecule has 2 unspecified atom stereocenters. The van der Waals surface area contributed by atoms with Crippen molar-refractivity contribution in [3.8, 4) is 0 Å². The summed E-state index contributed by atoms with van der Waals surface area (Å²) in [5, 5.41) is 10.5. The van der Waals surface area contributed by atoms with Gasteiger partial charge in [0.05, 0.1) is 30.1 Å². The maximum absolute atomic E-state index is 10.5. The number of rotatable bonds is 5. The summed E-state index contributed by atoms with van der Waals surface area (Å²) in [4.78, 5) is 12.8. The minimum atomic E-state index is -0.301. The van der Waals surface area contributed by atoms with Gasteiger partial charge in [-0.05, 0) is 37.7 Å². The summed E-state index contributed by atoms with van der Waals surface area (Å²) >= 11 is 0. The third-order valence-corrected chi connectivity index (χ3v) is 6.46. The van der Waals surface area contributed by atoms with Crippen molar-refractivity contribution >= 4 is 16.8 Å². The second kappa shape index (κ2) is 7.24. The van der Waals surface area contributed by atoms with Crippen LogP contribution >= 0.6 is 0 Å². The fraction of sp³-hybridized carbons (Fsp3) is 0.619. The average molecular weight is 368 g/mol. The van der Waals surface area contributed by atoms with Gasteiger partial charge in [0.2, 0.25) is 0 Å². The van der Waals surface area contributed by atoms with Crippen LogP contribution in [0.15, 0.2) is 18.6 Å². The number of nitrogens with zero attached hydrogens (tertiary/aromatic N) is 3. The van der Waals surface area contributed by atoms with E-state index in [9.17, 15) is 5.11 Å². The Kier molecular flexibility index (Phi) is 4.61. The molecule has 4 heterocycles. The molecule has 2 fully saturated rings. The molecule has 0 radical (unpaired) electrons. The normalized spacial score (nSPS) is 22.8. The van der Waals surface area contributed by atoms with E-state index >= 15 is 0 Å². The Labute approximate surface area is 159 Å². The summed E-state index contributed by atoms with van der Waals surface area (Å²) in [5.74, 6) is 0.861. The Morgan fingerprint density at radius 3 is 2.96 bits per heavy atom. The average Bonchev–Trinajstić information content (AvgIpc) is 3.45. The Hall–Kier alpha value is -1.92. The lowest BCUT2D eigenvalue weighted by atomic mass is 9.87. The van der Waals surface area contributed by atoms with Crippen LogP contribution in [0.25, 0.3) is 16.8 Å². The smallest absolute Gasteiger partial charge is 0.156 e. The molecule has 6 heteroatoms. The minimum absolute atomic E-state index is 0.277. The molecule has 0 spiro atoms. The number of hydrogen-bond acceptors (Lipinski definition) is 4. The van der Waals surface area contributed by atoms with Gasteiger partial charge in [-0.3, -0.25) is 4.40 Å². The van der Waals surface area contributed by atoms with Crippen LogP contribution in [-0.2, 0) is 11.2 Å². The predicted molar refractivity (Wildman–Crippen MR) is 104 cm³/mol. The van der Waals surface area contributed by atoms with Crippen molar-refractivity contribution in [1.29, 1.82) is 0 Å². The lowest BCUT2D eigenvalue weighted by Crippen LogP contribution is -2.21. The number of aryl methyl sites for hydroxylation is 1. The van der Waals surface area contributed by atoms with E-state index in [1.54, 1.807) is 0 Å². The number of H-pyrrole nitrogens is 1. The zero-order valence-corrected chi connectivity index (χ0v) is 15.7. The van der Waals surface area contributed by atoms with Crippen molar-refractivity contribution in [2.45, 2.75) is 63.4 Å². The quantitative estimate of drug-likeness (QED) is 0.722. The number of aliphatic hydroxyl groups is 1. The maximum Gasteiger partial charge on any atom is 0.156 e. The Bertz CT molecular complexity index is 919. The molecule has 2 N–H and O–H groups in total. The molecule has 1 saturated carbocycles. The van der Waals surface area contributed by atoms with E-state index in [-0.39, 0.29) is 12.0 Å². The molecule has 2 aliphatic rings. The lowest BCUT2D eigenvalue weighted by Gasteiger charge is -2.19. The number of aromatic amines is 1. The van der Waals surface area contributed by atoms with Crippen molar-refractivity contribution in [2.75, 3.05) is 13.2 Å². The Morgan fingerprint density at radius 1 is 1.26 bits per heavy atom. The highest BCUT2D eigenvalue weighted by molar-refractivity contribution is 5.78. The van der Waals surface area contributed by atoms with Crippen LogP contribution in [0.5, 0.6) is 0 Å². The number of fused-ring (bicyclic) bond motifs is 3. The number of nitrogens with one attached hydrogen (secondary N) is 1. The fourth-order valence-electron chi connectivity index (χ4n) is 4.80. The molecule has 0 aromatic carbocycles. The van der Waals surface area contributed by atoms with Crippen LogP contribution in [0.1, 0.15) is 62.1 Å². The summed E-state index contributed by atoms with van der Waals surface area (Å²) < 4.78 is 7.61. The molecule has 2 atom stereocenters. The van der Waals surface area contributed by atoms with E-state index in [0.29, 0.717) is 12.5 Å². The molecule has 0 amide bonds. The molecule has 3 aromatic heterocycles. The van der Waals surface area contributed by atoms with Crippen LogP contribution in [0.3, 0.4) is 0 Å². The van der Waals surface area contributed by atoms with Crippen LogP contribution in [0.2, 0.25) is 0 Å². The minimum Gasteiger partial charge on any atom is -0.393 e. The van der Waals surface area contributed by atoms with E-state index in [0.717, 1.165) is 42.7 Å².